The molecule has 1 atom stereocenters. The normalized spacial score (nSPS) is 16.4. The Bertz CT molecular complexity index is 1060. The highest BCUT2D eigenvalue weighted by molar-refractivity contribution is 5.39. The van der Waals surface area contributed by atoms with Crippen LogP contribution in [0.5, 0.6) is 11.5 Å². The van der Waals surface area contributed by atoms with Crippen LogP contribution in [0.25, 0.3) is 0 Å². The zero-order chi connectivity index (χ0) is 21.1. The van der Waals surface area contributed by atoms with Crippen molar-refractivity contribution >= 4 is 0 Å². The fraction of sp³-hybridized carbons (Fsp3) is 0.269. The molecule has 0 N–H and O–H groups in total. The van der Waals surface area contributed by atoms with Gasteiger partial charge in [-0.05, 0) is 74.7 Å². The Morgan fingerprint density at radius 2 is 1.77 bits per heavy atom. The minimum atomic E-state index is -0.536. The maximum absolute atomic E-state index is 14.1. The van der Waals surface area contributed by atoms with Crippen molar-refractivity contribution in [3.63, 3.8) is 0 Å². The van der Waals surface area contributed by atoms with Crippen LogP contribution in [0, 0.1) is 31.0 Å². The molecule has 30 heavy (non-hydrogen) atoms. The molecule has 0 radical (unpaired) electrons. The Balaban J connectivity index is 1.45. The quantitative estimate of drug-likeness (QED) is 0.494. The number of nitrogens with zero attached hydrogens (tertiary/aromatic N) is 2. The van der Waals surface area contributed by atoms with Gasteiger partial charge in [0.25, 0.3) is 0 Å². The number of hydrogen-bond acceptors (Lipinski definition) is 3. The zero-order valence-electron chi connectivity index (χ0n) is 17.4. The molecule has 1 aliphatic heterocycles. The number of likely N-dealkylation sites (tertiary alicyclic amines) is 1. The Morgan fingerprint density at radius 1 is 1.03 bits per heavy atom. The number of rotatable bonds is 5. The molecule has 1 saturated heterocycles. The molecule has 0 bridgehead atoms. The lowest BCUT2D eigenvalue weighted by atomic mass is 9.99. The van der Waals surface area contributed by atoms with E-state index in [2.05, 4.69) is 36.9 Å². The van der Waals surface area contributed by atoms with E-state index in [4.69, 9.17) is 10.00 Å². The average molecular weight is 400 g/mol. The molecule has 1 fully saturated rings. The summed E-state index contributed by atoms with van der Waals surface area (Å²) in [6, 6.07) is 21.2. The van der Waals surface area contributed by atoms with E-state index < -0.39 is 5.82 Å². The van der Waals surface area contributed by atoms with Gasteiger partial charge in [-0.25, -0.2) is 4.39 Å². The predicted molar refractivity (Wildman–Crippen MR) is 116 cm³/mol. The third kappa shape index (κ3) is 4.53. The third-order valence-corrected chi connectivity index (χ3v) is 5.59. The molecule has 1 heterocycles. The summed E-state index contributed by atoms with van der Waals surface area (Å²) >= 11 is 0. The van der Waals surface area contributed by atoms with E-state index in [1.54, 1.807) is 6.07 Å². The highest BCUT2D eigenvalue weighted by Gasteiger charge is 2.26. The first-order chi connectivity index (χ1) is 14.5. The second kappa shape index (κ2) is 8.69. The van der Waals surface area contributed by atoms with Crippen LogP contribution in [0.2, 0.25) is 0 Å². The zero-order valence-corrected chi connectivity index (χ0v) is 17.4. The Labute approximate surface area is 177 Å². The molecule has 3 nitrogen and oxygen atoms in total. The molecular formula is C26H25FN2O. The van der Waals surface area contributed by atoms with E-state index in [0.29, 0.717) is 11.8 Å². The summed E-state index contributed by atoms with van der Waals surface area (Å²) in [7, 11) is 0. The summed E-state index contributed by atoms with van der Waals surface area (Å²) in [5.74, 6) is 0.164. The number of ether oxygens (including phenoxy) is 1. The van der Waals surface area contributed by atoms with E-state index in [9.17, 15) is 4.39 Å². The first-order valence-corrected chi connectivity index (χ1v) is 10.3. The minimum Gasteiger partial charge on any atom is -0.454 e. The van der Waals surface area contributed by atoms with Crippen LogP contribution >= 0.6 is 0 Å². The molecular weight excluding hydrogens is 375 g/mol. The largest absolute Gasteiger partial charge is 0.454 e. The van der Waals surface area contributed by atoms with Crippen molar-refractivity contribution in [3.8, 4) is 17.6 Å². The molecule has 0 aromatic heterocycles. The maximum Gasteiger partial charge on any atom is 0.167 e. The van der Waals surface area contributed by atoms with Crippen molar-refractivity contribution in [2.45, 2.75) is 39.3 Å². The van der Waals surface area contributed by atoms with Crippen molar-refractivity contribution in [3.05, 3.63) is 94.3 Å². The van der Waals surface area contributed by atoms with E-state index in [0.717, 1.165) is 13.1 Å². The van der Waals surface area contributed by atoms with Crippen LogP contribution in [0.4, 0.5) is 4.39 Å². The predicted octanol–water partition coefficient (Wildman–Crippen LogP) is 6.44. The van der Waals surface area contributed by atoms with Gasteiger partial charge in [0.1, 0.15) is 5.75 Å². The van der Waals surface area contributed by atoms with Crippen LogP contribution in [-0.2, 0) is 6.54 Å². The molecule has 0 amide bonds. The highest BCUT2D eigenvalue weighted by atomic mass is 19.1. The van der Waals surface area contributed by atoms with Crippen LogP contribution in [0.1, 0.15) is 46.7 Å². The lowest BCUT2D eigenvalue weighted by molar-refractivity contribution is 0.248. The lowest BCUT2D eigenvalue weighted by Gasteiger charge is -2.25. The molecule has 3 aromatic rings. The molecule has 0 saturated carbocycles. The van der Waals surface area contributed by atoms with Crippen molar-refractivity contribution in [1.29, 1.82) is 5.26 Å². The number of nitriles is 1. The fourth-order valence-corrected chi connectivity index (χ4v) is 4.27. The van der Waals surface area contributed by atoms with Crippen molar-refractivity contribution in [2.75, 3.05) is 6.54 Å². The molecule has 4 rings (SSSR count). The Morgan fingerprint density at radius 3 is 2.43 bits per heavy atom. The third-order valence-electron chi connectivity index (χ3n) is 5.59. The molecule has 0 aliphatic carbocycles. The van der Waals surface area contributed by atoms with Crippen molar-refractivity contribution < 1.29 is 9.13 Å². The van der Waals surface area contributed by atoms with E-state index in [1.807, 2.05) is 30.3 Å². The van der Waals surface area contributed by atoms with Gasteiger partial charge in [0.15, 0.2) is 11.6 Å². The molecule has 1 aliphatic rings. The summed E-state index contributed by atoms with van der Waals surface area (Å²) in [6.07, 6.45) is 2.39. The molecule has 4 heteroatoms. The molecule has 0 spiro atoms. The Kier molecular flexibility index (Phi) is 5.83. The summed E-state index contributed by atoms with van der Waals surface area (Å²) < 4.78 is 19.7. The first kappa shape index (κ1) is 20.1. The number of benzene rings is 3. The van der Waals surface area contributed by atoms with Gasteiger partial charge < -0.3 is 4.74 Å². The van der Waals surface area contributed by atoms with Gasteiger partial charge in [-0.2, -0.15) is 5.26 Å². The second-order valence-electron chi connectivity index (χ2n) is 8.05. The topological polar surface area (TPSA) is 36.3 Å². The van der Waals surface area contributed by atoms with Crippen molar-refractivity contribution in [1.82, 2.24) is 4.90 Å². The Hall–Kier alpha value is -3.16. The molecule has 3 aromatic carbocycles. The van der Waals surface area contributed by atoms with Gasteiger partial charge in [0.2, 0.25) is 0 Å². The van der Waals surface area contributed by atoms with E-state index in [1.165, 1.54) is 47.2 Å². The number of hydrogen-bond donors (Lipinski definition) is 0. The van der Waals surface area contributed by atoms with Gasteiger partial charge in [-0.15, -0.1) is 0 Å². The summed E-state index contributed by atoms with van der Waals surface area (Å²) in [5, 5.41) is 8.85. The molecule has 152 valence electrons. The van der Waals surface area contributed by atoms with Gasteiger partial charge >= 0.3 is 0 Å². The van der Waals surface area contributed by atoms with Crippen LogP contribution in [0.15, 0.2) is 60.7 Å². The van der Waals surface area contributed by atoms with E-state index in [-0.39, 0.29) is 11.3 Å². The first-order valence-electron chi connectivity index (χ1n) is 10.3. The summed E-state index contributed by atoms with van der Waals surface area (Å²) in [4.78, 5) is 2.53. The highest BCUT2D eigenvalue weighted by Crippen LogP contribution is 2.34. The van der Waals surface area contributed by atoms with Gasteiger partial charge in [-0.1, -0.05) is 41.5 Å². The fourth-order valence-electron chi connectivity index (χ4n) is 4.27. The SMILES string of the molecule is Cc1cc(C)cc(C2CCCN2Cc2ccc(Oc3ccc(C#N)cc3F)cc2)c1. The van der Waals surface area contributed by atoms with Crippen LogP contribution in [0.3, 0.4) is 0 Å². The van der Waals surface area contributed by atoms with Crippen LogP contribution in [-0.4, -0.2) is 11.4 Å². The minimum absolute atomic E-state index is 0.121. The monoisotopic (exact) mass is 400 g/mol. The number of halogens is 1. The average Bonchev–Trinajstić information content (AvgIpc) is 3.18. The standard InChI is InChI=1S/C26H25FN2O/c1-18-12-19(2)14-22(13-18)25-4-3-11-29(25)17-20-5-8-23(9-6-20)30-26-10-7-21(16-28)15-24(26)27/h5-10,12-15,25H,3-4,11,17H2,1-2H3. The second-order valence-corrected chi connectivity index (χ2v) is 8.05. The van der Waals surface area contributed by atoms with Gasteiger partial charge in [-0.3, -0.25) is 4.90 Å². The number of aryl methyl sites for hydroxylation is 2. The van der Waals surface area contributed by atoms with E-state index >= 15 is 0 Å². The maximum atomic E-state index is 14.1. The summed E-state index contributed by atoms with van der Waals surface area (Å²) in [5.41, 5.74) is 5.51. The van der Waals surface area contributed by atoms with Gasteiger partial charge in [0.05, 0.1) is 11.6 Å². The molecule has 1 unspecified atom stereocenters. The smallest absolute Gasteiger partial charge is 0.167 e. The lowest BCUT2D eigenvalue weighted by Crippen LogP contribution is -2.22. The van der Waals surface area contributed by atoms with Crippen LogP contribution < -0.4 is 4.74 Å². The van der Waals surface area contributed by atoms with Gasteiger partial charge in [0, 0.05) is 12.6 Å². The summed E-state index contributed by atoms with van der Waals surface area (Å²) in [6.45, 7) is 6.28. The van der Waals surface area contributed by atoms with Crippen molar-refractivity contribution in [2.24, 2.45) is 0 Å².